The number of nitrogens with one attached hydrogen (secondary N) is 2. The number of hydrogen-bond acceptors (Lipinski definition) is 6. The van der Waals surface area contributed by atoms with Crippen LogP contribution >= 0.6 is 0 Å². The van der Waals surface area contributed by atoms with E-state index in [0.717, 1.165) is 5.56 Å². The highest BCUT2D eigenvalue weighted by Gasteiger charge is 2.19. The van der Waals surface area contributed by atoms with Crippen molar-refractivity contribution >= 4 is 17.5 Å². The highest BCUT2D eigenvalue weighted by Crippen LogP contribution is 2.25. The second-order valence-electron chi connectivity index (χ2n) is 7.47. The number of rotatable bonds is 2. The van der Waals surface area contributed by atoms with Crippen molar-refractivity contribution in [3.8, 4) is 11.3 Å². The van der Waals surface area contributed by atoms with Gasteiger partial charge in [0, 0.05) is 14.6 Å². The van der Waals surface area contributed by atoms with Crippen molar-refractivity contribution in [3.05, 3.63) is 30.2 Å². The average molecular weight is 392 g/mol. The molecule has 2 aromatic heterocycles. The van der Waals surface area contributed by atoms with Gasteiger partial charge in [0.25, 0.3) is 0 Å². The van der Waals surface area contributed by atoms with Gasteiger partial charge in [-0.2, -0.15) is 0 Å². The SMILES string of the molecule is C1CCCCC1.CC(C)(O)c1ccc(-c2cnc3c(n2)NCC(=O)N3)cn1.O.[HH].[HH]. The second kappa shape index (κ2) is 9.57. The van der Waals surface area contributed by atoms with E-state index in [1.807, 2.05) is 6.07 Å². The molecule has 0 atom stereocenters. The smallest absolute Gasteiger partial charge is 0.244 e. The number of fused-ring (bicyclic) bond motifs is 1. The number of aromatic nitrogens is 3. The van der Waals surface area contributed by atoms with Crippen LogP contribution in [0.1, 0.15) is 60.9 Å². The maximum absolute atomic E-state index is 11.2. The van der Waals surface area contributed by atoms with E-state index < -0.39 is 5.60 Å². The minimum Gasteiger partial charge on any atom is -0.412 e. The van der Waals surface area contributed by atoms with Crippen LogP contribution in [0.3, 0.4) is 0 Å². The topological polar surface area (TPSA) is 132 Å². The van der Waals surface area contributed by atoms with Crippen LogP contribution in [0.15, 0.2) is 24.5 Å². The molecular formula is C20H33N5O3. The van der Waals surface area contributed by atoms with E-state index in [1.54, 1.807) is 32.3 Å². The molecule has 4 rings (SSSR count). The zero-order chi connectivity index (χ0) is 19.3. The summed E-state index contributed by atoms with van der Waals surface area (Å²) in [6.07, 6.45) is 12.2. The maximum atomic E-state index is 11.2. The second-order valence-corrected chi connectivity index (χ2v) is 7.47. The van der Waals surface area contributed by atoms with Crippen LogP contribution in [0, 0.1) is 0 Å². The molecule has 156 valence electrons. The Hall–Kier alpha value is -2.58. The molecule has 0 aromatic carbocycles. The first-order chi connectivity index (χ1) is 12.9. The zero-order valence-corrected chi connectivity index (χ0v) is 16.5. The molecule has 0 spiro atoms. The molecule has 28 heavy (non-hydrogen) atoms. The van der Waals surface area contributed by atoms with Crippen molar-refractivity contribution in [2.45, 2.75) is 58.0 Å². The predicted octanol–water partition coefficient (Wildman–Crippen LogP) is 3.14. The summed E-state index contributed by atoms with van der Waals surface area (Å²) in [5, 5.41) is 15.4. The van der Waals surface area contributed by atoms with E-state index in [0.29, 0.717) is 23.0 Å². The molecule has 3 heterocycles. The maximum Gasteiger partial charge on any atom is 0.244 e. The molecule has 0 radical (unpaired) electrons. The van der Waals surface area contributed by atoms with Crippen molar-refractivity contribution < 1.29 is 18.2 Å². The fraction of sp³-hybridized carbons (Fsp3) is 0.500. The molecule has 0 unspecified atom stereocenters. The summed E-state index contributed by atoms with van der Waals surface area (Å²) in [6.45, 7) is 3.54. The minimum atomic E-state index is -0.980. The summed E-state index contributed by atoms with van der Waals surface area (Å²) >= 11 is 0. The molecule has 1 fully saturated rings. The first-order valence-electron chi connectivity index (χ1n) is 9.53. The normalized spacial score (nSPS) is 15.8. The summed E-state index contributed by atoms with van der Waals surface area (Å²) < 4.78 is 0. The van der Waals surface area contributed by atoms with E-state index in [4.69, 9.17) is 0 Å². The van der Waals surface area contributed by atoms with Crippen LogP contribution in [-0.4, -0.2) is 38.0 Å². The van der Waals surface area contributed by atoms with Gasteiger partial charge in [0.1, 0.15) is 5.60 Å². The van der Waals surface area contributed by atoms with Gasteiger partial charge >= 0.3 is 0 Å². The first kappa shape index (κ1) is 21.7. The van der Waals surface area contributed by atoms with E-state index >= 15 is 0 Å². The molecule has 2 aromatic rings. The Balaban J connectivity index is 0.000000814. The number of hydrogen-bond donors (Lipinski definition) is 3. The number of nitrogens with zero attached hydrogens (tertiary/aromatic N) is 3. The molecule has 5 N–H and O–H groups in total. The summed E-state index contributed by atoms with van der Waals surface area (Å²) in [5.41, 5.74) is 1.04. The van der Waals surface area contributed by atoms with Gasteiger partial charge in [-0.25, -0.2) is 9.97 Å². The number of aliphatic hydroxyl groups is 1. The van der Waals surface area contributed by atoms with Crippen LogP contribution in [0.4, 0.5) is 11.6 Å². The van der Waals surface area contributed by atoms with Crippen molar-refractivity contribution in [2.24, 2.45) is 0 Å². The van der Waals surface area contributed by atoms with Crippen LogP contribution < -0.4 is 10.6 Å². The lowest BCUT2D eigenvalue weighted by Gasteiger charge is -2.18. The summed E-state index contributed by atoms with van der Waals surface area (Å²) in [5.74, 6) is 0.829. The molecule has 1 saturated carbocycles. The molecular weight excluding hydrogens is 358 g/mol. The molecule has 1 aliphatic heterocycles. The van der Waals surface area contributed by atoms with Crippen molar-refractivity contribution in [1.82, 2.24) is 15.0 Å². The van der Waals surface area contributed by atoms with Crippen molar-refractivity contribution in [2.75, 3.05) is 17.2 Å². The van der Waals surface area contributed by atoms with Gasteiger partial charge in [0.15, 0.2) is 11.6 Å². The Labute approximate surface area is 168 Å². The third-order valence-corrected chi connectivity index (χ3v) is 4.63. The Kier molecular flexibility index (Phi) is 7.42. The van der Waals surface area contributed by atoms with Gasteiger partial charge in [-0.15, -0.1) is 0 Å². The third-order valence-electron chi connectivity index (χ3n) is 4.63. The largest absolute Gasteiger partial charge is 0.412 e. The number of amides is 1. The van der Waals surface area contributed by atoms with Gasteiger partial charge in [-0.05, 0) is 26.0 Å². The Morgan fingerprint density at radius 3 is 2.18 bits per heavy atom. The Bertz CT molecular complexity index is 783. The Morgan fingerprint density at radius 1 is 1.00 bits per heavy atom. The first-order valence-corrected chi connectivity index (χ1v) is 9.53. The number of carbonyl (C=O) groups is 1. The van der Waals surface area contributed by atoms with Gasteiger partial charge in [0.05, 0.1) is 24.1 Å². The average Bonchev–Trinajstić information content (AvgIpc) is 2.69. The van der Waals surface area contributed by atoms with Crippen LogP contribution in [0.25, 0.3) is 11.3 Å². The van der Waals surface area contributed by atoms with Crippen LogP contribution in [0.2, 0.25) is 0 Å². The van der Waals surface area contributed by atoms with E-state index in [1.165, 1.54) is 38.5 Å². The fourth-order valence-corrected chi connectivity index (χ4v) is 3.05. The minimum absolute atomic E-state index is 0. The lowest BCUT2D eigenvalue weighted by atomic mass is 10.0. The quantitative estimate of drug-likeness (QED) is 0.720. The van der Waals surface area contributed by atoms with Crippen LogP contribution in [0.5, 0.6) is 0 Å². The zero-order valence-electron chi connectivity index (χ0n) is 16.5. The standard InChI is InChI=1S/C14H15N5O2.C6H12.H2O.2H2/c1-14(2,21)10-4-3-8(5-15-10)9-6-16-13-12(18-9)17-7-11(20)19-13;1-2-4-6-5-3-1;;;/h3-6,21H,7H2,1-2H3,(H,17,18)(H,16,19,20);1-6H2;1H2;2*1H. The highest BCUT2D eigenvalue weighted by atomic mass is 16.3. The summed E-state index contributed by atoms with van der Waals surface area (Å²) in [4.78, 5) is 24.1. The number of carbonyl (C=O) groups excluding carboxylic acids is 1. The van der Waals surface area contributed by atoms with Gasteiger partial charge in [-0.3, -0.25) is 9.78 Å². The molecule has 0 bridgehead atoms. The van der Waals surface area contributed by atoms with Gasteiger partial charge < -0.3 is 21.2 Å². The van der Waals surface area contributed by atoms with E-state index in [-0.39, 0.29) is 20.8 Å². The highest BCUT2D eigenvalue weighted by molar-refractivity contribution is 5.98. The summed E-state index contributed by atoms with van der Waals surface area (Å²) in [7, 11) is 0. The fourth-order valence-electron chi connectivity index (χ4n) is 3.05. The molecule has 8 heteroatoms. The lowest BCUT2D eigenvalue weighted by Crippen LogP contribution is -2.28. The molecule has 1 aliphatic carbocycles. The monoisotopic (exact) mass is 391 g/mol. The predicted molar refractivity (Wildman–Crippen MR) is 113 cm³/mol. The van der Waals surface area contributed by atoms with Crippen molar-refractivity contribution in [1.29, 1.82) is 0 Å². The van der Waals surface area contributed by atoms with Gasteiger partial charge in [0.2, 0.25) is 5.91 Å². The molecule has 1 amide bonds. The van der Waals surface area contributed by atoms with Crippen LogP contribution in [-0.2, 0) is 10.4 Å². The number of anilines is 2. The Morgan fingerprint density at radius 2 is 1.64 bits per heavy atom. The molecule has 8 nitrogen and oxygen atoms in total. The van der Waals surface area contributed by atoms with E-state index in [2.05, 4.69) is 25.6 Å². The molecule has 2 aliphatic rings. The third kappa shape index (κ3) is 5.71. The van der Waals surface area contributed by atoms with Crippen molar-refractivity contribution in [3.63, 3.8) is 0 Å². The number of pyridine rings is 1. The lowest BCUT2D eigenvalue weighted by molar-refractivity contribution is -0.114. The summed E-state index contributed by atoms with van der Waals surface area (Å²) in [6, 6.07) is 3.59. The molecule has 0 saturated heterocycles. The van der Waals surface area contributed by atoms with E-state index in [9.17, 15) is 9.90 Å². The van der Waals surface area contributed by atoms with Gasteiger partial charge in [-0.1, -0.05) is 38.5 Å².